The number of hydrogen-bond acceptors (Lipinski definition) is 5. The van der Waals surface area contributed by atoms with E-state index in [-0.39, 0.29) is 12.2 Å². The zero-order valence-corrected chi connectivity index (χ0v) is 9.96. The molecule has 0 amide bonds. The molecule has 7 heteroatoms. The van der Waals surface area contributed by atoms with E-state index in [1.54, 1.807) is 4.68 Å². The molecule has 0 saturated carbocycles. The van der Waals surface area contributed by atoms with Crippen molar-refractivity contribution >= 4 is 5.97 Å². The Morgan fingerprint density at radius 2 is 2.35 bits per heavy atom. The molecule has 1 aliphatic rings. The van der Waals surface area contributed by atoms with Gasteiger partial charge in [-0.3, -0.25) is 9.58 Å². The SMILES string of the molecule is Cn1cc(CN2CC(C)(OCC(=O)O)C2)nn1. The Balaban J connectivity index is 1.76. The number of ether oxygens (including phenoxy) is 1. The van der Waals surface area contributed by atoms with E-state index in [0.29, 0.717) is 0 Å². The number of rotatable bonds is 5. The van der Waals surface area contributed by atoms with E-state index >= 15 is 0 Å². The smallest absolute Gasteiger partial charge is 0.329 e. The summed E-state index contributed by atoms with van der Waals surface area (Å²) in [4.78, 5) is 12.5. The van der Waals surface area contributed by atoms with Crippen LogP contribution in [0.4, 0.5) is 0 Å². The summed E-state index contributed by atoms with van der Waals surface area (Å²) in [6.45, 7) is 3.84. The number of carboxylic acids is 1. The van der Waals surface area contributed by atoms with Gasteiger partial charge in [0.1, 0.15) is 6.61 Å². The Morgan fingerprint density at radius 1 is 1.65 bits per heavy atom. The summed E-state index contributed by atoms with van der Waals surface area (Å²) in [5.41, 5.74) is 0.563. The van der Waals surface area contributed by atoms with Crippen LogP contribution in [0.5, 0.6) is 0 Å². The molecule has 17 heavy (non-hydrogen) atoms. The molecule has 0 radical (unpaired) electrons. The highest BCUT2D eigenvalue weighted by molar-refractivity contribution is 5.68. The van der Waals surface area contributed by atoms with Gasteiger partial charge in [-0.1, -0.05) is 5.21 Å². The third-order valence-electron chi connectivity index (χ3n) is 2.70. The third-order valence-corrected chi connectivity index (χ3v) is 2.70. The predicted molar refractivity (Wildman–Crippen MR) is 58.3 cm³/mol. The first-order chi connectivity index (χ1) is 7.97. The van der Waals surface area contributed by atoms with E-state index in [0.717, 1.165) is 25.3 Å². The quantitative estimate of drug-likeness (QED) is 0.746. The molecule has 0 atom stereocenters. The van der Waals surface area contributed by atoms with Crippen molar-refractivity contribution in [2.45, 2.75) is 19.1 Å². The normalized spacial score (nSPS) is 18.9. The lowest BCUT2D eigenvalue weighted by Crippen LogP contribution is -2.61. The van der Waals surface area contributed by atoms with Crippen LogP contribution in [0.25, 0.3) is 0 Å². The highest BCUT2D eigenvalue weighted by Crippen LogP contribution is 2.25. The van der Waals surface area contributed by atoms with Crippen molar-refractivity contribution in [3.8, 4) is 0 Å². The molecule has 2 heterocycles. The van der Waals surface area contributed by atoms with Gasteiger partial charge < -0.3 is 9.84 Å². The average Bonchev–Trinajstić information content (AvgIpc) is 2.59. The Morgan fingerprint density at radius 3 is 2.88 bits per heavy atom. The number of carbonyl (C=O) groups is 1. The summed E-state index contributed by atoms with van der Waals surface area (Å²) < 4.78 is 6.98. The summed E-state index contributed by atoms with van der Waals surface area (Å²) in [5.74, 6) is -0.932. The molecule has 1 aromatic rings. The van der Waals surface area contributed by atoms with Crippen molar-refractivity contribution in [3.63, 3.8) is 0 Å². The molecule has 0 unspecified atom stereocenters. The molecule has 1 fully saturated rings. The molecule has 0 aliphatic carbocycles. The lowest BCUT2D eigenvalue weighted by molar-refractivity contribution is -0.165. The van der Waals surface area contributed by atoms with Gasteiger partial charge in [-0.25, -0.2) is 4.79 Å². The zero-order valence-electron chi connectivity index (χ0n) is 9.96. The Bertz CT molecular complexity index is 411. The summed E-state index contributed by atoms with van der Waals surface area (Å²) in [7, 11) is 1.83. The van der Waals surface area contributed by atoms with Gasteiger partial charge in [0.15, 0.2) is 0 Å². The Labute approximate surface area is 99.0 Å². The minimum absolute atomic E-state index is 0.241. The number of aliphatic carboxylic acids is 1. The number of nitrogens with zero attached hydrogens (tertiary/aromatic N) is 4. The largest absolute Gasteiger partial charge is 0.480 e. The molecule has 1 N–H and O–H groups in total. The standard InChI is InChI=1S/C10H16N4O3/c1-10(17-5-9(15)16)6-14(7-10)4-8-3-13(2)12-11-8/h3H,4-7H2,1-2H3,(H,15,16). The Hall–Kier alpha value is -1.47. The molecule has 0 spiro atoms. The molecule has 1 saturated heterocycles. The molecule has 0 aromatic carbocycles. The topological polar surface area (TPSA) is 80.5 Å². The second-order valence-corrected chi connectivity index (χ2v) is 4.66. The van der Waals surface area contributed by atoms with Crippen LogP contribution in [-0.2, 0) is 23.1 Å². The first-order valence-corrected chi connectivity index (χ1v) is 5.40. The lowest BCUT2D eigenvalue weighted by atomic mass is 9.96. The highest BCUT2D eigenvalue weighted by Gasteiger charge is 2.40. The number of hydrogen-bond donors (Lipinski definition) is 1. The van der Waals surface area contributed by atoms with Crippen LogP contribution < -0.4 is 0 Å². The van der Waals surface area contributed by atoms with E-state index in [1.165, 1.54) is 0 Å². The van der Waals surface area contributed by atoms with Gasteiger partial charge in [0.05, 0.1) is 11.3 Å². The predicted octanol–water partition coefficient (Wildman–Crippen LogP) is -0.509. The van der Waals surface area contributed by atoms with Gasteiger partial charge in [-0.2, -0.15) is 0 Å². The third kappa shape index (κ3) is 3.01. The zero-order chi connectivity index (χ0) is 12.5. The van der Waals surface area contributed by atoms with Crippen LogP contribution in [-0.4, -0.2) is 56.3 Å². The fraction of sp³-hybridized carbons (Fsp3) is 0.700. The van der Waals surface area contributed by atoms with Crippen molar-refractivity contribution in [1.29, 1.82) is 0 Å². The fourth-order valence-corrected chi connectivity index (χ4v) is 2.04. The molecule has 94 valence electrons. The summed E-state index contributed by atoms with van der Waals surface area (Å²) in [5, 5.41) is 16.4. The van der Waals surface area contributed by atoms with E-state index in [2.05, 4.69) is 15.2 Å². The van der Waals surface area contributed by atoms with Gasteiger partial charge in [0.2, 0.25) is 0 Å². The van der Waals surface area contributed by atoms with Crippen LogP contribution in [0.15, 0.2) is 6.20 Å². The average molecular weight is 240 g/mol. The van der Waals surface area contributed by atoms with Crippen molar-refractivity contribution in [1.82, 2.24) is 19.9 Å². The summed E-state index contributed by atoms with van der Waals surface area (Å²) >= 11 is 0. The van der Waals surface area contributed by atoms with Crippen LogP contribution in [0.2, 0.25) is 0 Å². The van der Waals surface area contributed by atoms with Crippen molar-refractivity contribution in [2.75, 3.05) is 19.7 Å². The number of likely N-dealkylation sites (tertiary alicyclic amines) is 1. The van der Waals surface area contributed by atoms with Crippen molar-refractivity contribution < 1.29 is 14.6 Å². The van der Waals surface area contributed by atoms with Gasteiger partial charge in [0, 0.05) is 32.9 Å². The number of carboxylic acid groups (broad SMARTS) is 1. The first kappa shape index (κ1) is 12.0. The van der Waals surface area contributed by atoms with Crippen LogP contribution >= 0.6 is 0 Å². The molecule has 1 aromatic heterocycles. The highest BCUT2D eigenvalue weighted by atomic mass is 16.5. The van der Waals surface area contributed by atoms with Crippen molar-refractivity contribution in [2.24, 2.45) is 7.05 Å². The van der Waals surface area contributed by atoms with Gasteiger partial charge in [-0.05, 0) is 6.92 Å². The number of aromatic nitrogens is 3. The maximum Gasteiger partial charge on any atom is 0.329 e. The van der Waals surface area contributed by atoms with Gasteiger partial charge in [0.25, 0.3) is 0 Å². The van der Waals surface area contributed by atoms with E-state index < -0.39 is 5.97 Å². The van der Waals surface area contributed by atoms with Gasteiger partial charge >= 0.3 is 5.97 Å². The van der Waals surface area contributed by atoms with E-state index in [1.807, 2.05) is 20.2 Å². The fourth-order valence-electron chi connectivity index (χ4n) is 2.04. The molecule has 7 nitrogen and oxygen atoms in total. The molecule has 1 aliphatic heterocycles. The summed E-state index contributed by atoms with van der Waals surface area (Å²) in [6.07, 6.45) is 1.87. The maximum atomic E-state index is 10.4. The van der Waals surface area contributed by atoms with Crippen LogP contribution in [0.1, 0.15) is 12.6 Å². The molecule has 0 bridgehead atoms. The maximum absolute atomic E-state index is 10.4. The second kappa shape index (κ2) is 4.42. The van der Waals surface area contributed by atoms with Crippen LogP contribution in [0, 0.1) is 0 Å². The van der Waals surface area contributed by atoms with Crippen LogP contribution in [0.3, 0.4) is 0 Å². The second-order valence-electron chi connectivity index (χ2n) is 4.66. The number of aryl methyl sites for hydroxylation is 1. The minimum Gasteiger partial charge on any atom is -0.480 e. The Kier molecular flexibility index (Phi) is 3.12. The van der Waals surface area contributed by atoms with E-state index in [4.69, 9.17) is 9.84 Å². The first-order valence-electron chi connectivity index (χ1n) is 5.40. The van der Waals surface area contributed by atoms with E-state index in [9.17, 15) is 4.79 Å². The summed E-state index contributed by atoms with van der Waals surface area (Å²) in [6, 6.07) is 0. The minimum atomic E-state index is -0.932. The molecule has 2 rings (SSSR count). The van der Waals surface area contributed by atoms with Gasteiger partial charge in [-0.15, -0.1) is 5.10 Å². The molecular formula is C10H16N4O3. The lowest BCUT2D eigenvalue weighted by Gasteiger charge is -2.47. The van der Waals surface area contributed by atoms with Crippen molar-refractivity contribution in [3.05, 3.63) is 11.9 Å². The molecular weight excluding hydrogens is 224 g/mol. The monoisotopic (exact) mass is 240 g/mol.